The molecule has 0 aliphatic carbocycles. The molecule has 0 saturated carbocycles. The molecule has 5 heteroatoms. The highest BCUT2D eigenvalue weighted by Gasteiger charge is 2.31. The number of carbonyl (C=O) groups excluding carboxylic acids is 2. The van der Waals surface area contributed by atoms with E-state index in [1.807, 2.05) is 0 Å². The number of ether oxygens (including phenoxy) is 2. The van der Waals surface area contributed by atoms with Crippen molar-refractivity contribution in [1.82, 2.24) is 0 Å². The maximum absolute atomic E-state index is 12.1. The molecule has 0 fully saturated rings. The first-order valence-corrected chi connectivity index (χ1v) is 14.0. The minimum absolute atomic E-state index is 0.277. The Labute approximate surface area is 172 Å². The molecule has 0 aliphatic rings. The Balaban J connectivity index is 2.64. The fraction of sp³-hybridized carbons (Fsp3) is 0.652. The summed E-state index contributed by atoms with van der Waals surface area (Å²) in [5, 5.41) is 1.43. The summed E-state index contributed by atoms with van der Waals surface area (Å²) in [4.78, 5) is 24.2. The van der Waals surface area contributed by atoms with Gasteiger partial charge in [0.15, 0.2) is 5.92 Å². The van der Waals surface area contributed by atoms with Crippen molar-refractivity contribution in [3.8, 4) is 0 Å². The molecule has 0 aromatic heterocycles. The van der Waals surface area contributed by atoms with E-state index in [0.717, 1.165) is 18.9 Å². The number of hydrogen-bond donors (Lipinski definition) is 0. The largest absolute Gasteiger partial charge is 0.465 e. The van der Waals surface area contributed by atoms with Crippen molar-refractivity contribution in [2.45, 2.75) is 78.4 Å². The average molecular weight is 407 g/mol. The predicted molar refractivity (Wildman–Crippen MR) is 118 cm³/mol. The van der Waals surface area contributed by atoms with E-state index in [9.17, 15) is 9.59 Å². The molecule has 0 aliphatic heterocycles. The van der Waals surface area contributed by atoms with Crippen LogP contribution in [0.15, 0.2) is 24.3 Å². The van der Waals surface area contributed by atoms with Crippen LogP contribution in [-0.4, -0.2) is 33.2 Å². The maximum atomic E-state index is 12.1. The second-order valence-electron chi connectivity index (χ2n) is 7.99. The molecule has 1 aromatic carbocycles. The first kappa shape index (κ1) is 24.4. The minimum Gasteiger partial charge on any atom is -0.465 e. The van der Waals surface area contributed by atoms with Gasteiger partial charge in [-0.3, -0.25) is 9.59 Å². The van der Waals surface area contributed by atoms with Gasteiger partial charge in [0.05, 0.1) is 21.3 Å². The Morgan fingerprint density at radius 1 is 0.893 bits per heavy atom. The van der Waals surface area contributed by atoms with Gasteiger partial charge in [-0.05, 0) is 38.7 Å². The number of carbonyl (C=O) groups is 2. The Bertz CT molecular complexity index is 577. The number of rotatable bonds is 13. The van der Waals surface area contributed by atoms with E-state index < -0.39 is 25.9 Å². The first-order chi connectivity index (χ1) is 13.4. The highest BCUT2D eigenvalue weighted by molar-refractivity contribution is 6.89. The first-order valence-electron chi connectivity index (χ1n) is 10.8. The van der Waals surface area contributed by atoms with E-state index in [0.29, 0.717) is 6.42 Å². The fourth-order valence-electron chi connectivity index (χ4n) is 3.41. The van der Waals surface area contributed by atoms with Crippen molar-refractivity contribution in [1.29, 1.82) is 0 Å². The van der Waals surface area contributed by atoms with Gasteiger partial charge in [-0.25, -0.2) is 0 Å². The van der Waals surface area contributed by atoms with Crippen LogP contribution in [0.1, 0.15) is 58.4 Å². The number of benzene rings is 1. The normalized spacial score (nSPS) is 11.5. The molecular weight excluding hydrogens is 368 g/mol. The number of hydrogen-bond acceptors (Lipinski definition) is 4. The molecule has 1 aromatic rings. The summed E-state index contributed by atoms with van der Waals surface area (Å²) in [7, 11) is -1.62. The van der Waals surface area contributed by atoms with Crippen molar-refractivity contribution in [3.63, 3.8) is 0 Å². The zero-order chi connectivity index (χ0) is 21.0. The Hall–Kier alpha value is -1.62. The second-order valence-corrected chi connectivity index (χ2v) is 12.8. The van der Waals surface area contributed by atoms with Crippen LogP contribution >= 0.6 is 0 Å². The van der Waals surface area contributed by atoms with Gasteiger partial charge in [-0.1, -0.05) is 74.8 Å². The Kier molecular flexibility index (Phi) is 11.1. The van der Waals surface area contributed by atoms with Crippen LogP contribution in [0.25, 0.3) is 0 Å². The van der Waals surface area contributed by atoms with Crippen molar-refractivity contribution in [3.05, 3.63) is 29.8 Å². The molecule has 0 bridgehead atoms. The quantitative estimate of drug-likeness (QED) is 0.203. The van der Waals surface area contributed by atoms with Crippen LogP contribution in [0.4, 0.5) is 0 Å². The lowest BCUT2D eigenvalue weighted by Gasteiger charge is -2.24. The third kappa shape index (κ3) is 8.17. The summed E-state index contributed by atoms with van der Waals surface area (Å²) in [6, 6.07) is 10.1. The lowest BCUT2D eigenvalue weighted by Crippen LogP contribution is -2.41. The molecule has 0 N–H and O–H groups in total. The van der Waals surface area contributed by atoms with Crippen molar-refractivity contribution >= 4 is 25.2 Å². The van der Waals surface area contributed by atoms with Gasteiger partial charge in [-0.2, -0.15) is 0 Å². The van der Waals surface area contributed by atoms with Gasteiger partial charge < -0.3 is 9.47 Å². The number of esters is 2. The van der Waals surface area contributed by atoms with E-state index in [1.165, 1.54) is 30.0 Å². The van der Waals surface area contributed by atoms with E-state index in [1.54, 1.807) is 13.8 Å². The zero-order valence-electron chi connectivity index (χ0n) is 18.4. The van der Waals surface area contributed by atoms with Gasteiger partial charge in [0, 0.05) is 0 Å². The lowest BCUT2D eigenvalue weighted by atomic mass is 10.0. The maximum Gasteiger partial charge on any atom is 0.320 e. The van der Waals surface area contributed by atoms with Crippen molar-refractivity contribution in [2.75, 3.05) is 13.2 Å². The molecular formula is C23H38O4Si. The van der Waals surface area contributed by atoms with Gasteiger partial charge in [-0.15, -0.1) is 0 Å². The monoisotopic (exact) mass is 406 g/mol. The fourth-order valence-corrected chi connectivity index (χ4v) is 5.86. The van der Waals surface area contributed by atoms with Gasteiger partial charge in [0.1, 0.15) is 0 Å². The molecule has 0 amide bonds. The number of aryl methyl sites for hydroxylation is 1. The molecule has 0 unspecified atom stereocenters. The van der Waals surface area contributed by atoms with E-state index in [4.69, 9.17) is 9.47 Å². The minimum atomic E-state index is -1.62. The average Bonchev–Trinajstić information content (AvgIpc) is 2.66. The molecule has 28 heavy (non-hydrogen) atoms. The third-order valence-corrected chi connectivity index (χ3v) is 8.74. The van der Waals surface area contributed by atoms with Crippen LogP contribution in [0.2, 0.25) is 19.1 Å². The standard InChI is InChI=1S/C23H38O4Si/c1-6-9-10-12-19-14-16-20(17-15-19)28(4,5)18-11-13-21(22(24)26-7-2)23(25)27-8-3/h14-17,21H,6-13,18H2,1-5H3. The molecule has 1 rings (SSSR count). The molecule has 0 heterocycles. The Morgan fingerprint density at radius 3 is 1.96 bits per heavy atom. The van der Waals surface area contributed by atoms with E-state index in [-0.39, 0.29) is 13.2 Å². The highest BCUT2D eigenvalue weighted by Crippen LogP contribution is 2.20. The zero-order valence-corrected chi connectivity index (χ0v) is 19.4. The molecule has 4 nitrogen and oxygen atoms in total. The van der Waals surface area contributed by atoms with E-state index in [2.05, 4.69) is 44.3 Å². The molecule has 0 spiro atoms. The van der Waals surface area contributed by atoms with Crippen LogP contribution in [-0.2, 0) is 25.5 Å². The molecule has 158 valence electrons. The van der Waals surface area contributed by atoms with Gasteiger partial charge in [0.2, 0.25) is 0 Å². The summed E-state index contributed by atoms with van der Waals surface area (Å²) in [6.45, 7) is 11.0. The van der Waals surface area contributed by atoms with Crippen LogP contribution in [0, 0.1) is 5.92 Å². The summed E-state index contributed by atoms with van der Waals surface area (Å²) in [5.74, 6) is -1.72. The van der Waals surface area contributed by atoms with Gasteiger partial charge >= 0.3 is 11.9 Å². The predicted octanol–water partition coefficient (Wildman–Crippen LogP) is 4.86. The summed E-state index contributed by atoms with van der Waals surface area (Å²) < 4.78 is 10.1. The Morgan fingerprint density at radius 2 is 1.46 bits per heavy atom. The third-order valence-electron chi connectivity index (χ3n) is 5.24. The smallest absolute Gasteiger partial charge is 0.320 e. The molecule has 0 radical (unpaired) electrons. The number of unbranched alkanes of at least 4 members (excludes halogenated alkanes) is 2. The van der Waals surface area contributed by atoms with Gasteiger partial charge in [0.25, 0.3) is 0 Å². The molecule has 0 saturated heterocycles. The van der Waals surface area contributed by atoms with E-state index >= 15 is 0 Å². The molecule has 0 atom stereocenters. The van der Waals surface area contributed by atoms with Crippen LogP contribution in [0.5, 0.6) is 0 Å². The van der Waals surface area contributed by atoms with Crippen molar-refractivity contribution in [2.24, 2.45) is 5.92 Å². The highest BCUT2D eigenvalue weighted by atomic mass is 28.3. The van der Waals surface area contributed by atoms with Crippen molar-refractivity contribution < 1.29 is 19.1 Å². The SMILES string of the molecule is CCCCCc1ccc([Si](C)(C)CCCC(C(=O)OCC)C(=O)OCC)cc1. The summed E-state index contributed by atoms with van der Waals surface area (Å²) in [5.41, 5.74) is 1.41. The topological polar surface area (TPSA) is 52.6 Å². The second kappa shape index (κ2) is 12.8. The van der Waals surface area contributed by atoms with Crippen LogP contribution in [0.3, 0.4) is 0 Å². The van der Waals surface area contributed by atoms with Crippen LogP contribution < -0.4 is 5.19 Å². The summed E-state index contributed by atoms with van der Waals surface area (Å²) in [6.07, 6.45) is 6.24. The lowest BCUT2D eigenvalue weighted by molar-refractivity contribution is -0.161. The summed E-state index contributed by atoms with van der Waals surface area (Å²) >= 11 is 0.